The number of benzene rings is 2. The van der Waals surface area contributed by atoms with Gasteiger partial charge in [0.2, 0.25) is 10.0 Å². The van der Waals surface area contributed by atoms with Gasteiger partial charge in [0.15, 0.2) is 0 Å². The minimum atomic E-state index is -3.58. The molecule has 1 aliphatic heterocycles. The van der Waals surface area contributed by atoms with Crippen molar-refractivity contribution in [3.63, 3.8) is 0 Å². The Morgan fingerprint density at radius 1 is 1.11 bits per heavy atom. The summed E-state index contributed by atoms with van der Waals surface area (Å²) in [6.45, 7) is 7.12. The van der Waals surface area contributed by atoms with Crippen LogP contribution in [0.25, 0.3) is 0 Å². The Morgan fingerprint density at radius 3 is 2.59 bits per heavy atom. The molecule has 1 atom stereocenters. The number of nitrogens with one attached hydrogen (secondary N) is 1. The predicted octanol–water partition coefficient (Wildman–Crippen LogP) is 3.98. The summed E-state index contributed by atoms with van der Waals surface area (Å²) >= 11 is 0. The highest BCUT2D eigenvalue weighted by Gasteiger charge is 2.29. The van der Waals surface area contributed by atoms with Crippen molar-refractivity contribution in [2.24, 2.45) is 5.92 Å². The molecule has 2 aromatic carbocycles. The zero-order valence-corrected chi connectivity index (χ0v) is 16.8. The van der Waals surface area contributed by atoms with Gasteiger partial charge in [0.1, 0.15) is 0 Å². The molecular formula is C21H26N2O3S. The van der Waals surface area contributed by atoms with Crippen molar-refractivity contribution < 1.29 is 13.2 Å². The molecule has 144 valence electrons. The van der Waals surface area contributed by atoms with E-state index >= 15 is 0 Å². The van der Waals surface area contributed by atoms with E-state index in [-0.39, 0.29) is 10.8 Å². The monoisotopic (exact) mass is 386 g/mol. The molecule has 5 nitrogen and oxygen atoms in total. The third-order valence-corrected chi connectivity index (χ3v) is 6.98. The second-order valence-electron chi connectivity index (χ2n) is 7.39. The summed E-state index contributed by atoms with van der Waals surface area (Å²) in [5.74, 6) is 0.0344. The molecule has 2 aromatic rings. The minimum Gasteiger partial charge on any atom is -0.322 e. The summed E-state index contributed by atoms with van der Waals surface area (Å²) < 4.78 is 27.4. The highest BCUT2D eigenvalue weighted by atomic mass is 32.2. The predicted molar refractivity (Wildman–Crippen MR) is 107 cm³/mol. The first-order valence-corrected chi connectivity index (χ1v) is 10.7. The Balaban J connectivity index is 1.82. The molecule has 1 aliphatic rings. The fourth-order valence-corrected chi connectivity index (χ4v) is 4.98. The van der Waals surface area contributed by atoms with Crippen molar-refractivity contribution in [3.05, 3.63) is 59.2 Å². The standard InChI is InChI=1S/C21H26N2O3S/c1-15-6-5-11-23(14-15)27(25,26)20-8-4-7-18(13-20)21(24)22-19-10-9-16(2)17(3)12-19/h4,7-10,12-13,15H,5-6,11,14H2,1-3H3,(H,22,24). The third-order valence-electron chi connectivity index (χ3n) is 5.12. The number of rotatable bonds is 4. The maximum Gasteiger partial charge on any atom is 0.255 e. The average Bonchev–Trinajstić information content (AvgIpc) is 2.65. The van der Waals surface area contributed by atoms with Gasteiger partial charge in [0.05, 0.1) is 4.90 Å². The molecule has 1 amide bonds. The molecule has 0 spiro atoms. The highest BCUT2D eigenvalue weighted by Crippen LogP contribution is 2.24. The molecule has 0 bridgehead atoms. The lowest BCUT2D eigenvalue weighted by Gasteiger charge is -2.30. The average molecular weight is 387 g/mol. The number of amides is 1. The molecule has 3 rings (SSSR count). The summed E-state index contributed by atoms with van der Waals surface area (Å²) in [6.07, 6.45) is 1.91. The fraction of sp³-hybridized carbons (Fsp3) is 0.381. The molecule has 1 saturated heterocycles. The molecule has 1 unspecified atom stereocenters. The number of piperidine rings is 1. The first kappa shape index (κ1) is 19.6. The quantitative estimate of drug-likeness (QED) is 0.864. The van der Waals surface area contributed by atoms with Crippen molar-refractivity contribution >= 4 is 21.6 Å². The zero-order valence-electron chi connectivity index (χ0n) is 16.0. The number of anilines is 1. The van der Waals surface area contributed by atoms with Crippen LogP contribution in [0.5, 0.6) is 0 Å². The van der Waals surface area contributed by atoms with E-state index in [2.05, 4.69) is 12.2 Å². The normalized spacial score (nSPS) is 18.3. The van der Waals surface area contributed by atoms with Crippen molar-refractivity contribution in [1.82, 2.24) is 4.31 Å². The molecule has 1 fully saturated rings. The third kappa shape index (κ3) is 4.39. The van der Waals surface area contributed by atoms with E-state index in [1.165, 1.54) is 10.4 Å². The first-order valence-electron chi connectivity index (χ1n) is 9.26. The van der Waals surface area contributed by atoms with Gasteiger partial charge in [-0.1, -0.05) is 19.1 Å². The zero-order chi connectivity index (χ0) is 19.6. The molecule has 1 heterocycles. The molecule has 27 heavy (non-hydrogen) atoms. The Bertz CT molecular complexity index is 954. The van der Waals surface area contributed by atoms with Crippen LogP contribution in [0, 0.1) is 19.8 Å². The largest absolute Gasteiger partial charge is 0.322 e. The maximum atomic E-state index is 12.9. The maximum absolute atomic E-state index is 12.9. The van der Waals surface area contributed by atoms with Gasteiger partial charge in [-0.25, -0.2) is 8.42 Å². The van der Waals surface area contributed by atoms with Crippen LogP contribution < -0.4 is 5.32 Å². The highest BCUT2D eigenvalue weighted by molar-refractivity contribution is 7.89. The van der Waals surface area contributed by atoms with Gasteiger partial charge in [0, 0.05) is 24.3 Å². The molecule has 0 saturated carbocycles. The van der Waals surface area contributed by atoms with Crippen LogP contribution in [0.2, 0.25) is 0 Å². The second kappa shape index (κ2) is 7.82. The number of hydrogen-bond acceptors (Lipinski definition) is 3. The van der Waals surface area contributed by atoms with Crippen LogP contribution >= 0.6 is 0 Å². The van der Waals surface area contributed by atoms with Crippen LogP contribution in [-0.2, 0) is 10.0 Å². The first-order chi connectivity index (χ1) is 12.8. The number of hydrogen-bond donors (Lipinski definition) is 1. The molecular weight excluding hydrogens is 360 g/mol. The lowest BCUT2D eigenvalue weighted by molar-refractivity contribution is 0.102. The molecule has 6 heteroatoms. The molecule has 0 aliphatic carbocycles. The Labute approximate surface area is 161 Å². The van der Waals surface area contributed by atoms with Gasteiger partial charge >= 0.3 is 0 Å². The summed E-state index contributed by atoms with van der Waals surface area (Å²) in [5.41, 5.74) is 3.26. The van der Waals surface area contributed by atoms with E-state index in [4.69, 9.17) is 0 Å². The van der Waals surface area contributed by atoms with E-state index in [9.17, 15) is 13.2 Å². The molecule has 0 aromatic heterocycles. The molecule has 0 radical (unpaired) electrons. The van der Waals surface area contributed by atoms with Gasteiger partial charge in [-0.2, -0.15) is 4.31 Å². The second-order valence-corrected chi connectivity index (χ2v) is 9.33. The SMILES string of the molecule is Cc1ccc(NC(=O)c2cccc(S(=O)(=O)N3CCCC(C)C3)c2)cc1C. The minimum absolute atomic E-state index is 0.171. The van der Waals surface area contributed by atoms with E-state index in [1.807, 2.05) is 32.0 Å². The lowest BCUT2D eigenvalue weighted by atomic mass is 10.0. The van der Waals surface area contributed by atoms with Crippen molar-refractivity contribution in [3.8, 4) is 0 Å². The summed E-state index contributed by atoms with van der Waals surface area (Å²) in [4.78, 5) is 12.8. The van der Waals surface area contributed by atoms with E-state index in [1.54, 1.807) is 18.2 Å². The number of sulfonamides is 1. The van der Waals surface area contributed by atoms with Gasteiger partial charge in [0.25, 0.3) is 5.91 Å². The van der Waals surface area contributed by atoms with E-state index in [0.29, 0.717) is 30.3 Å². The Kier molecular flexibility index (Phi) is 5.67. The topological polar surface area (TPSA) is 66.5 Å². The van der Waals surface area contributed by atoms with Crippen molar-refractivity contribution in [2.75, 3.05) is 18.4 Å². The summed E-state index contributed by atoms with van der Waals surface area (Å²) in [5, 5.41) is 2.84. The lowest BCUT2D eigenvalue weighted by Crippen LogP contribution is -2.39. The van der Waals surface area contributed by atoms with Gasteiger partial charge < -0.3 is 5.32 Å². The Hall–Kier alpha value is -2.18. The summed E-state index contributed by atoms with van der Waals surface area (Å²) in [6, 6.07) is 12.0. The van der Waals surface area contributed by atoms with Crippen LogP contribution in [-0.4, -0.2) is 31.7 Å². The van der Waals surface area contributed by atoms with Crippen molar-refractivity contribution in [2.45, 2.75) is 38.5 Å². The van der Waals surface area contributed by atoms with Crippen LogP contribution in [0.4, 0.5) is 5.69 Å². The van der Waals surface area contributed by atoms with Gasteiger partial charge in [-0.3, -0.25) is 4.79 Å². The van der Waals surface area contributed by atoms with Crippen LogP contribution in [0.3, 0.4) is 0 Å². The van der Waals surface area contributed by atoms with Gasteiger partial charge in [-0.05, 0) is 74.1 Å². The van der Waals surface area contributed by atoms with E-state index < -0.39 is 10.0 Å². The van der Waals surface area contributed by atoms with Crippen LogP contribution in [0.1, 0.15) is 41.3 Å². The van der Waals surface area contributed by atoms with Crippen LogP contribution in [0.15, 0.2) is 47.4 Å². The van der Waals surface area contributed by atoms with E-state index in [0.717, 1.165) is 24.0 Å². The number of aryl methyl sites for hydroxylation is 2. The summed E-state index contributed by atoms with van der Waals surface area (Å²) in [7, 11) is -3.58. The number of nitrogens with zero attached hydrogens (tertiary/aromatic N) is 1. The Morgan fingerprint density at radius 2 is 1.89 bits per heavy atom. The van der Waals surface area contributed by atoms with Gasteiger partial charge in [-0.15, -0.1) is 0 Å². The number of carbonyl (C=O) groups is 1. The smallest absolute Gasteiger partial charge is 0.255 e. The van der Waals surface area contributed by atoms with Crippen molar-refractivity contribution in [1.29, 1.82) is 0 Å². The molecule has 1 N–H and O–H groups in total. The number of carbonyl (C=O) groups excluding carboxylic acids is 1. The fourth-order valence-electron chi connectivity index (χ4n) is 3.33.